The van der Waals surface area contributed by atoms with Crippen LogP contribution in [0.25, 0.3) is 33.0 Å². The number of thiophene rings is 1. The van der Waals surface area contributed by atoms with Gasteiger partial charge in [-0.25, -0.2) is 4.79 Å². The van der Waals surface area contributed by atoms with Crippen molar-refractivity contribution in [2.24, 2.45) is 0 Å². The van der Waals surface area contributed by atoms with Crippen LogP contribution in [0.1, 0.15) is 20.9 Å². The average Bonchev–Trinajstić information content (AvgIpc) is 3.43. The van der Waals surface area contributed by atoms with Crippen molar-refractivity contribution in [3.8, 4) is 11.1 Å². The summed E-state index contributed by atoms with van der Waals surface area (Å²) in [5.74, 6) is -1.47. The van der Waals surface area contributed by atoms with Crippen LogP contribution in [0.5, 0.6) is 0 Å². The lowest BCUT2D eigenvalue weighted by molar-refractivity contribution is 0.0699. The van der Waals surface area contributed by atoms with Gasteiger partial charge >= 0.3 is 5.97 Å². The number of amides is 1. The molecule has 0 spiro atoms. The maximum Gasteiger partial charge on any atom is 0.339 e. The van der Waals surface area contributed by atoms with E-state index in [2.05, 4.69) is 10.3 Å². The Morgan fingerprint density at radius 1 is 1.03 bits per heavy atom. The molecule has 0 unspecified atom stereocenters. The van der Waals surface area contributed by atoms with Gasteiger partial charge in [0, 0.05) is 39.0 Å². The van der Waals surface area contributed by atoms with Gasteiger partial charge in [0.05, 0.1) is 0 Å². The van der Waals surface area contributed by atoms with Crippen LogP contribution < -0.4 is 5.32 Å². The van der Waals surface area contributed by atoms with E-state index in [-0.39, 0.29) is 16.3 Å². The largest absolute Gasteiger partial charge is 0.478 e. The Balaban J connectivity index is 1.54. The summed E-state index contributed by atoms with van der Waals surface area (Å²) >= 11 is 1.17. The topological polar surface area (TPSA) is 95.3 Å². The first kappa shape index (κ1) is 17.3. The summed E-state index contributed by atoms with van der Waals surface area (Å²) in [6.45, 7) is 0. The maximum absolute atomic E-state index is 12.7. The monoisotopic (exact) mass is 402 g/mol. The minimum atomic E-state index is -1.11. The number of aromatic carboxylic acids is 1. The third-order valence-electron chi connectivity index (χ3n) is 4.76. The van der Waals surface area contributed by atoms with Gasteiger partial charge in [0.25, 0.3) is 5.91 Å². The van der Waals surface area contributed by atoms with Gasteiger partial charge in [0.2, 0.25) is 0 Å². The molecule has 142 valence electrons. The van der Waals surface area contributed by atoms with Gasteiger partial charge in [-0.15, -0.1) is 11.3 Å². The summed E-state index contributed by atoms with van der Waals surface area (Å²) in [5, 5.41) is 16.3. The van der Waals surface area contributed by atoms with E-state index in [9.17, 15) is 14.7 Å². The molecule has 0 aliphatic heterocycles. The molecule has 5 aromatic rings. The highest BCUT2D eigenvalue weighted by molar-refractivity contribution is 7.15. The van der Waals surface area contributed by atoms with Crippen LogP contribution in [0, 0.1) is 0 Å². The SMILES string of the molecule is O=C(Nc1scc(-c2c[nH]c3ccccc23)c1C(=O)O)c1cc2ccccc2o1. The van der Waals surface area contributed by atoms with E-state index < -0.39 is 11.9 Å². The molecular weight excluding hydrogens is 388 g/mol. The number of furan rings is 1. The molecule has 7 heteroatoms. The number of para-hydroxylation sites is 2. The van der Waals surface area contributed by atoms with Crippen LogP contribution >= 0.6 is 11.3 Å². The number of carbonyl (C=O) groups excluding carboxylic acids is 1. The van der Waals surface area contributed by atoms with Crippen LogP contribution in [0.15, 0.2) is 70.6 Å². The lowest BCUT2D eigenvalue weighted by Gasteiger charge is -2.04. The second kappa shape index (κ2) is 6.65. The smallest absolute Gasteiger partial charge is 0.339 e. The first-order chi connectivity index (χ1) is 14.1. The molecule has 3 aromatic heterocycles. The zero-order valence-electron chi connectivity index (χ0n) is 14.9. The highest BCUT2D eigenvalue weighted by atomic mass is 32.1. The minimum Gasteiger partial charge on any atom is -0.478 e. The van der Waals surface area contributed by atoms with Crippen LogP contribution in [0.4, 0.5) is 5.00 Å². The van der Waals surface area contributed by atoms with Gasteiger partial charge in [0.1, 0.15) is 16.1 Å². The third-order valence-corrected chi connectivity index (χ3v) is 5.66. The van der Waals surface area contributed by atoms with Gasteiger partial charge in [-0.2, -0.15) is 0 Å². The Morgan fingerprint density at radius 3 is 2.66 bits per heavy atom. The highest BCUT2D eigenvalue weighted by Gasteiger charge is 2.24. The first-order valence-electron chi connectivity index (χ1n) is 8.83. The number of carboxylic acids is 1. The minimum absolute atomic E-state index is 0.0595. The van der Waals surface area contributed by atoms with Gasteiger partial charge < -0.3 is 19.8 Å². The van der Waals surface area contributed by atoms with Crippen molar-refractivity contribution in [1.29, 1.82) is 0 Å². The number of aromatic nitrogens is 1. The number of benzene rings is 2. The predicted octanol–water partition coefficient (Wildman–Crippen LogP) is 5.59. The van der Waals surface area contributed by atoms with Crippen LogP contribution in [-0.4, -0.2) is 22.0 Å². The molecule has 0 saturated heterocycles. The van der Waals surface area contributed by atoms with E-state index in [0.29, 0.717) is 11.1 Å². The van der Waals surface area contributed by atoms with Crippen molar-refractivity contribution < 1.29 is 19.1 Å². The molecule has 0 fully saturated rings. The number of hydrogen-bond donors (Lipinski definition) is 3. The fourth-order valence-electron chi connectivity index (χ4n) is 3.41. The number of aromatic amines is 1. The molecule has 0 radical (unpaired) electrons. The molecular formula is C22H14N2O4S. The predicted molar refractivity (Wildman–Crippen MR) is 113 cm³/mol. The van der Waals surface area contributed by atoms with Crippen molar-refractivity contribution in [3.05, 3.63) is 77.5 Å². The summed E-state index contributed by atoms with van der Waals surface area (Å²) in [6.07, 6.45) is 1.78. The number of anilines is 1. The van der Waals surface area contributed by atoms with Gasteiger partial charge in [-0.05, 0) is 18.2 Å². The normalized spacial score (nSPS) is 11.2. The Morgan fingerprint density at radius 2 is 1.83 bits per heavy atom. The number of carboxylic acid groups (broad SMARTS) is 1. The number of rotatable bonds is 4. The second-order valence-corrected chi connectivity index (χ2v) is 7.39. The number of nitrogens with one attached hydrogen (secondary N) is 2. The van der Waals surface area contributed by atoms with Crippen molar-refractivity contribution in [3.63, 3.8) is 0 Å². The second-order valence-electron chi connectivity index (χ2n) is 6.51. The maximum atomic E-state index is 12.7. The zero-order chi connectivity index (χ0) is 20.0. The highest BCUT2D eigenvalue weighted by Crippen LogP contribution is 2.39. The number of hydrogen-bond acceptors (Lipinski definition) is 4. The molecule has 0 atom stereocenters. The van der Waals surface area contributed by atoms with E-state index in [1.165, 1.54) is 11.3 Å². The number of fused-ring (bicyclic) bond motifs is 2. The molecule has 6 nitrogen and oxygen atoms in total. The van der Waals surface area contributed by atoms with Gasteiger partial charge in [-0.3, -0.25) is 4.79 Å². The van der Waals surface area contributed by atoms with Crippen molar-refractivity contribution in [2.45, 2.75) is 0 Å². The average molecular weight is 402 g/mol. The van der Waals surface area contributed by atoms with Crippen molar-refractivity contribution in [1.82, 2.24) is 4.98 Å². The third kappa shape index (κ3) is 2.88. The molecule has 5 rings (SSSR count). The molecule has 0 aliphatic rings. The Kier molecular flexibility index (Phi) is 3.96. The first-order valence-corrected chi connectivity index (χ1v) is 9.71. The van der Waals surface area contributed by atoms with Crippen LogP contribution in [-0.2, 0) is 0 Å². The molecule has 2 aromatic carbocycles. The molecule has 29 heavy (non-hydrogen) atoms. The molecule has 1 amide bonds. The fourth-order valence-corrected chi connectivity index (χ4v) is 4.36. The van der Waals surface area contributed by atoms with Crippen LogP contribution in [0.2, 0.25) is 0 Å². The van der Waals surface area contributed by atoms with E-state index >= 15 is 0 Å². The van der Waals surface area contributed by atoms with Crippen molar-refractivity contribution in [2.75, 3.05) is 5.32 Å². The standard InChI is InChI=1S/C22H14N2O4S/c25-20(18-9-12-5-1-4-8-17(12)28-18)24-21-19(22(26)27)15(11-29-21)14-10-23-16-7-3-2-6-13(14)16/h1-11,23H,(H,24,25)(H,26,27). The van der Waals surface area contributed by atoms with E-state index in [1.807, 2.05) is 42.5 Å². The lowest BCUT2D eigenvalue weighted by Crippen LogP contribution is -2.12. The molecule has 0 saturated carbocycles. The lowest BCUT2D eigenvalue weighted by atomic mass is 10.0. The number of carbonyl (C=O) groups is 2. The van der Waals surface area contributed by atoms with Gasteiger partial charge in [0.15, 0.2) is 5.76 Å². The fraction of sp³-hybridized carbons (Fsp3) is 0. The quantitative estimate of drug-likeness (QED) is 0.365. The molecule has 3 N–H and O–H groups in total. The summed E-state index contributed by atoms with van der Waals surface area (Å²) in [7, 11) is 0. The zero-order valence-corrected chi connectivity index (χ0v) is 15.7. The Hall–Kier alpha value is -3.84. The molecule has 0 bridgehead atoms. The van der Waals surface area contributed by atoms with Crippen molar-refractivity contribution >= 4 is 50.1 Å². The van der Waals surface area contributed by atoms with Gasteiger partial charge in [-0.1, -0.05) is 36.4 Å². The van der Waals surface area contributed by atoms with Crippen LogP contribution in [0.3, 0.4) is 0 Å². The summed E-state index contributed by atoms with van der Waals surface area (Å²) < 4.78 is 5.58. The van der Waals surface area contributed by atoms with E-state index in [4.69, 9.17) is 4.42 Å². The molecule has 3 heterocycles. The summed E-state index contributed by atoms with van der Waals surface area (Å²) in [5.41, 5.74) is 2.90. The summed E-state index contributed by atoms with van der Waals surface area (Å²) in [6, 6.07) is 16.6. The Bertz CT molecular complexity index is 1360. The summed E-state index contributed by atoms with van der Waals surface area (Å²) in [4.78, 5) is 27.8. The van der Waals surface area contributed by atoms with E-state index in [0.717, 1.165) is 21.9 Å². The number of H-pyrrole nitrogens is 1. The van der Waals surface area contributed by atoms with E-state index in [1.54, 1.807) is 23.7 Å². The Labute approximate surface area is 168 Å². The molecule has 0 aliphatic carbocycles.